The second kappa shape index (κ2) is 5.69. The quantitative estimate of drug-likeness (QED) is 0.919. The van der Waals surface area contributed by atoms with E-state index >= 15 is 0 Å². The zero-order chi connectivity index (χ0) is 13.0. The smallest absolute Gasteiger partial charge is 0.240 e. The number of hydrogen-bond donors (Lipinski definition) is 1. The molecule has 0 fully saturated rings. The predicted molar refractivity (Wildman–Crippen MR) is 70.3 cm³/mol. The number of imidazole rings is 1. The van der Waals surface area contributed by atoms with E-state index in [2.05, 4.69) is 10.3 Å². The van der Waals surface area contributed by atoms with Gasteiger partial charge in [0.05, 0.1) is 0 Å². The summed E-state index contributed by atoms with van der Waals surface area (Å²) in [5.41, 5.74) is 2.28. The average Bonchev–Trinajstić information content (AvgIpc) is 2.74. The highest BCUT2D eigenvalue weighted by Gasteiger charge is 2.05. The van der Waals surface area contributed by atoms with Gasteiger partial charge in [0.1, 0.15) is 6.54 Å². The van der Waals surface area contributed by atoms with Crippen LogP contribution in [0, 0.1) is 6.92 Å². The number of halogens is 1. The lowest BCUT2D eigenvalue weighted by Crippen LogP contribution is -2.26. The van der Waals surface area contributed by atoms with Gasteiger partial charge in [0, 0.05) is 18.9 Å². The first-order valence-electron chi connectivity index (χ1n) is 5.64. The van der Waals surface area contributed by atoms with Crippen LogP contribution in [0.15, 0.2) is 36.7 Å². The number of carbonyl (C=O) groups excluding carboxylic acids is 1. The van der Waals surface area contributed by atoms with Crippen LogP contribution in [0.3, 0.4) is 0 Å². The summed E-state index contributed by atoms with van der Waals surface area (Å²) in [6, 6.07) is 8.04. The highest BCUT2D eigenvalue weighted by molar-refractivity contribution is 6.28. The molecule has 0 unspecified atom stereocenters. The second-order valence-corrected chi connectivity index (χ2v) is 4.42. The maximum atomic E-state index is 11.7. The molecule has 0 aliphatic rings. The highest BCUT2D eigenvalue weighted by Crippen LogP contribution is 2.05. The van der Waals surface area contributed by atoms with Gasteiger partial charge in [-0.15, -0.1) is 0 Å². The van der Waals surface area contributed by atoms with E-state index in [0.717, 1.165) is 5.56 Å². The topological polar surface area (TPSA) is 46.9 Å². The minimum Gasteiger partial charge on any atom is -0.350 e. The first kappa shape index (κ1) is 12.6. The Kier molecular flexibility index (Phi) is 3.99. The summed E-state index contributed by atoms with van der Waals surface area (Å²) in [4.78, 5) is 15.5. The lowest BCUT2D eigenvalue weighted by molar-refractivity contribution is -0.121. The summed E-state index contributed by atoms with van der Waals surface area (Å²) >= 11 is 5.79. The van der Waals surface area contributed by atoms with E-state index in [4.69, 9.17) is 11.6 Å². The fourth-order valence-electron chi connectivity index (χ4n) is 1.55. The van der Waals surface area contributed by atoms with Crippen molar-refractivity contribution >= 4 is 17.5 Å². The first-order chi connectivity index (χ1) is 8.65. The van der Waals surface area contributed by atoms with Crippen molar-refractivity contribution in [2.45, 2.75) is 20.0 Å². The molecule has 0 radical (unpaired) electrons. The molecule has 1 heterocycles. The van der Waals surface area contributed by atoms with Gasteiger partial charge in [0.2, 0.25) is 11.2 Å². The van der Waals surface area contributed by atoms with Crippen molar-refractivity contribution in [3.8, 4) is 0 Å². The number of nitrogens with zero attached hydrogens (tertiary/aromatic N) is 2. The monoisotopic (exact) mass is 263 g/mol. The molecule has 0 spiro atoms. The molecule has 4 nitrogen and oxygen atoms in total. The van der Waals surface area contributed by atoms with Crippen LogP contribution in [0.2, 0.25) is 5.28 Å². The molecular formula is C13H14ClN3O. The van der Waals surface area contributed by atoms with Gasteiger partial charge in [-0.1, -0.05) is 29.8 Å². The maximum Gasteiger partial charge on any atom is 0.240 e. The molecule has 2 rings (SSSR count). The largest absolute Gasteiger partial charge is 0.350 e. The molecule has 1 amide bonds. The number of hydrogen-bond acceptors (Lipinski definition) is 2. The molecule has 0 bridgehead atoms. The van der Waals surface area contributed by atoms with Gasteiger partial charge in [-0.2, -0.15) is 0 Å². The van der Waals surface area contributed by atoms with Crippen molar-refractivity contribution in [3.63, 3.8) is 0 Å². The third-order valence-corrected chi connectivity index (χ3v) is 2.90. The van der Waals surface area contributed by atoms with Gasteiger partial charge in [-0.05, 0) is 24.1 Å². The third-order valence-electron chi connectivity index (χ3n) is 2.59. The number of carbonyl (C=O) groups is 1. The zero-order valence-corrected chi connectivity index (χ0v) is 10.8. The van der Waals surface area contributed by atoms with E-state index in [1.165, 1.54) is 5.56 Å². The Morgan fingerprint density at radius 2 is 2.11 bits per heavy atom. The van der Waals surface area contributed by atoms with E-state index in [-0.39, 0.29) is 12.5 Å². The maximum absolute atomic E-state index is 11.7. The van der Waals surface area contributed by atoms with Crippen LogP contribution >= 0.6 is 11.6 Å². The zero-order valence-electron chi connectivity index (χ0n) is 10.1. The summed E-state index contributed by atoms with van der Waals surface area (Å²) in [7, 11) is 0. The molecule has 0 saturated carbocycles. The number of aromatic nitrogens is 2. The fraction of sp³-hybridized carbons (Fsp3) is 0.231. The van der Waals surface area contributed by atoms with Crippen LogP contribution in [0.25, 0.3) is 0 Å². The molecule has 5 heteroatoms. The Morgan fingerprint density at radius 3 is 2.72 bits per heavy atom. The molecule has 94 valence electrons. The van der Waals surface area contributed by atoms with Gasteiger partial charge in [0.15, 0.2) is 0 Å². The van der Waals surface area contributed by atoms with Crippen LogP contribution in [0.1, 0.15) is 11.1 Å². The van der Waals surface area contributed by atoms with Gasteiger partial charge >= 0.3 is 0 Å². The van der Waals surface area contributed by atoms with Crippen LogP contribution in [-0.4, -0.2) is 15.5 Å². The SMILES string of the molecule is Cc1ccc(CNC(=O)Cn2ccnc2Cl)cc1. The Bertz CT molecular complexity index is 533. The molecule has 1 aromatic carbocycles. The van der Waals surface area contributed by atoms with Crippen LogP contribution in [0.4, 0.5) is 0 Å². The number of rotatable bonds is 4. The van der Waals surface area contributed by atoms with Crippen molar-refractivity contribution < 1.29 is 4.79 Å². The molecule has 1 aromatic heterocycles. The first-order valence-corrected chi connectivity index (χ1v) is 6.02. The fourth-order valence-corrected chi connectivity index (χ4v) is 1.72. The van der Waals surface area contributed by atoms with Gasteiger partial charge in [-0.3, -0.25) is 4.79 Å². The Hall–Kier alpha value is -1.81. The summed E-state index contributed by atoms with van der Waals surface area (Å²) in [6.45, 7) is 2.74. The van der Waals surface area contributed by atoms with Gasteiger partial charge in [-0.25, -0.2) is 4.98 Å². The van der Waals surface area contributed by atoms with E-state index in [1.54, 1.807) is 17.0 Å². The Balaban J connectivity index is 1.85. The van der Waals surface area contributed by atoms with Crippen molar-refractivity contribution in [2.24, 2.45) is 0 Å². The molecule has 0 aliphatic heterocycles. The standard InChI is InChI=1S/C13H14ClN3O/c1-10-2-4-11(5-3-10)8-16-12(18)9-17-7-6-15-13(17)14/h2-7H,8-9H2,1H3,(H,16,18). The van der Waals surface area contributed by atoms with Gasteiger partial charge < -0.3 is 9.88 Å². The lowest BCUT2D eigenvalue weighted by atomic mass is 10.1. The highest BCUT2D eigenvalue weighted by atomic mass is 35.5. The number of amides is 1. The molecule has 0 atom stereocenters. The second-order valence-electron chi connectivity index (χ2n) is 4.09. The minimum absolute atomic E-state index is 0.0875. The number of aryl methyl sites for hydroxylation is 1. The lowest BCUT2D eigenvalue weighted by Gasteiger charge is -2.06. The summed E-state index contributed by atoms with van der Waals surface area (Å²) in [5.74, 6) is -0.0875. The third kappa shape index (κ3) is 3.34. The Morgan fingerprint density at radius 1 is 1.39 bits per heavy atom. The molecule has 2 aromatic rings. The normalized spacial score (nSPS) is 10.3. The van der Waals surface area contributed by atoms with Crippen LogP contribution < -0.4 is 5.32 Å². The average molecular weight is 264 g/mol. The van der Waals surface area contributed by atoms with Crippen molar-refractivity contribution in [2.75, 3.05) is 0 Å². The van der Waals surface area contributed by atoms with Crippen LogP contribution in [-0.2, 0) is 17.9 Å². The number of benzene rings is 1. The van der Waals surface area contributed by atoms with Gasteiger partial charge in [0.25, 0.3) is 0 Å². The summed E-state index contributed by atoms with van der Waals surface area (Å²) in [5, 5.41) is 3.16. The summed E-state index contributed by atoms with van der Waals surface area (Å²) < 4.78 is 1.59. The van der Waals surface area contributed by atoms with Crippen LogP contribution in [0.5, 0.6) is 0 Å². The number of nitrogens with one attached hydrogen (secondary N) is 1. The van der Waals surface area contributed by atoms with E-state index in [0.29, 0.717) is 11.8 Å². The molecular weight excluding hydrogens is 250 g/mol. The molecule has 0 aliphatic carbocycles. The molecule has 0 saturated heterocycles. The van der Waals surface area contributed by atoms with Crippen molar-refractivity contribution in [3.05, 3.63) is 53.1 Å². The predicted octanol–water partition coefficient (Wildman–Crippen LogP) is 2.16. The summed E-state index contributed by atoms with van der Waals surface area (Å²) in [6.07, 6.45) is 3.24. The Labute approximate surface area is 111 Å². The molecule has 18 heavy (non-hydrogen) atoms. The van der Waals surface area contributed by atoms with E-state index in [1.807, 2.05) is 31.2 Å². The minimum atomic E-state index is -0.0875. The van der Waals surface area contributed by atoms with Crippen molar-refractivity contribution in [1.29, 1.82) is 0 Å². The molecule has 1 N–H and O–H groups in total. The van der Waals surface area contributed by atoms with E-state index in [9.17, 15) is 4.79 Å². The van der Waals surface area contributed by atoms with Crippen molar-refractivity contribution in [1.82, 2.24) is 14.9 Å². The van der Waals surface area contributed by atoms with E-state index < -0.39 is 0 Å².